The quantitative estimate of drug-likeness (QED) is 0.893. The van der Waals surface area contributed by atoms with Crippen molar-refractivity contribution in [3.63, 3.8) is 0 Å². The summed E-state index contributed by atoms with van der Waals surface area (Å²) >= 11 is 6.01. The van der Waals surface area contributed by atoms with E-state index in [0.29, 0.717) is 5.02 Å². The lowest BCUT2D eigenvalue weighted by atomic mass is 9.83. The summed E-state index contributed by atoms with van der Waals surface area (Å²) in [6, 6.07) is 7.75. The van der Waals surface area contributed by atoms with Gasteiger partial charge in [-0.25, -0.2) is 0 Å². The van der Waals surface area contributed by atoms with E-state index in [4.69, 9.17) is 11.6 Å². The van der Waals surface area contributed by atoms with Gasteiger partial charge in [0.2, 0.25) is 5.91 Å². The molecule has 1 atom stereocenters. The van der Waals surface area contributed by atoms with Crippen LogP contribution in [0.4, 0.5) is 0 Å². The van der Waals surface area contributed by atoms with Crippen molar-refractivity contribution < 1.29 is 4.79 Å². The topological polar surface area (TPSA) is 41.1 Å². The van der Waals surface area contributed by atoms with Crippen LogP contribution in [-0.2, 0) is 10.2 Å². The molecule has 1 amide bonds. The van der Waals surface area contributed by atoms with Gasteiger partial charge in [0.25, 0.3) is 0 Å². The number of nitrogens with one attached hydrogen (secondary N) is 2. The summed E-state index contributed by atoms with van der Waals surface area (Å²) < 4.78 is 0. The summed E-state index contributed by atoms with van der Waals surface area (Å²) in [5.74, 6) is 0.0588. The smallest absolute Gasteiger partial charge is 0.230 e. The first-order valence-electron chi connectivity index (χ1n) is 6.78. The van der Waals surface area contributed by atoms with E-state index in [-0.39, 0.29) is 11.9 Å². The lowest BCUT2D eigenvalue weighted by molar-refractivity contribution is -0.126. The fourth-order valence-corrected chi connectivity index (χ4v) is 2.54. The Hall–Kier alpha value is -1.06. The minimum Gasteiger partial charge on any atom is -0.351 e. The van der Waals surface area contributed by atoms with Crippen LogP contribution in [0.5, 0.6) is 0 Å². The van der Waals surface area contributed by atoms with Crippen molar-refractivity contribution in [2.45, 2.75) is 38.1 Å². The monoisotopic (exact) mass is 280 g/mol. The van der Waals surface area contributed by atoms with Crippen molar-refractivity contribution in [3.8, 4) is 0 Å². The molecule has 2 N–H and O–H groups in total. The van der Waals surface area contributed by atoms with E-state index in [1.807, 2.05) is 38.1 Å². The molecular formula is C15H21ClN2O. The molecule has 4 heteroatoms. The third kappa shape index (κ3) is 3.48. The normalized spacial score (nSPS) is 20.1. The lowest BCUT2D eigenvalue weighted by Gasteiger charge is -2.30. The molecule has 0 aliphatic carbocycles. The highest BCUT2D eigenvalue weighted by Crippen LogP contribution is 2.26. The molecular weight excluding hydrogens is 260 g/mol. The Kier molecular flexibility index (Phi) is 4.48. The molecule has 1 aliphatic heterocycles. The Morgan fingerprint density at radius 3 is 2.89 bits per heavy atom. The van der Waals surface area contributed by atoms with E-state index >= 15 is 0 Å². The zero-order chi connectivity index (χ0) is 13.9. The molecule has 0 radical (unpaired) electrons. The van der Waals surface area contributed by atoms with Gasteiger partial charge in [-0.05, 0) is 50.9 Å². The zero-order valence-corrected chi connectivity index (χ0v) is 12.3. The highest BCUT2D eigenvalue weighted by molar-refractivity contribution is 6.30. The Morgan fingerprint density at radius 1 is 1.47 bits per heavy atom. The molecule has 0 saturated carbocycles. The number of halogens is 1. The van der Waals surface area contributed by atoms with Crippen LogP contribution < -0.4 is 10.6 Å². The van der Waals surface area contributed by atoms with E-state index in [1.54, 1.807) is 0 Å². The predicted octanol–water partition coefficient (Wildman–Crippen LogP) is 2.49. The highest BCUT2D eigenvalue weighted by Gasteiger charge is 2.31. The third-order valence-electron chi connectivity index (χ3n) is 3.75. The van der Waals surface area contributed by atoms with Gasteiger partial charge in [0.05, 0.1) is 5.41 Å². The second-order valence-corrected chi connectivity index (χ2v) is 6.09. The van der Waals surface area contributed by atoms with Crippen LogP contribution in [0.15, 0.2) is 24.3 Å². The zero-order valence-electron chi connectivity index (χ0n) is 11.5. The average molecular weight is 281 g/mol. The Labute approximate surface area is 119 Å². The number of carbonyl (C=O) groups excluding carboxylic acids is 1. The molecule has 0 bridgehead atoms. The number of piperidine rings is 1. The van der Waals surface area contributed by atoms with Gasteiger partial charge in [0.1, 0.15) is 0 Å². The molecule has 1 saturated heterocycles. The minimum atomic E-state index is -0.567. The number of benzene rings is 1. The third-order valence-corrected chi connectivity index (χ3v) is 3.98. The standard InChI is InChI=1S/C15H21ClN2O/c1-15(2,11-5-3-6-12(16)9-11)14(19)18-13-7-4-8-17-10-13/h3,5-6,9,13,17H,4,7-8,10H2,1-2H3,(H,18,19). The predicted molar refractivity (Wildman–Crippen MR) is 78.5 cm³/mol. The maximum Gasteiger partial charge on any atom is 0.230 e. The minimum absolute atomic E-state index is 0.0588. The summed E-state index contributed by atoms with van der Waals surface area (Å²) in [7, 11) is 0. The summed E-state index contributed by atoms with van der Waals surface area (Å²) in [5.41, 5.74) is 0.379. The van der Waals surface area contributed by atoms with Gasteiger partial charge >= 0.3 is 0 Å². The summed E-state index contributed by atoms with van der Waals surface area (Å²) in [6.07, 6.45) is 2.16. The molecule has 1 aromatic carbocycles. The maximum atomic E-state index is 12.5. The van der Waals surface area contributed by atoms with Crippen molar-refractivity contribution in [2.24, 2.45) is 0 Å². The molecule has 1 heterocycles. The van der Waals surface area contributed by atoms with Crippen LogP contribution in [0.2, 0.25) is 5.02 Å². The van der Waals surface area contributed by atoms with Gasteiger partial charge in [-0.1, -0.05) is 23.7 Å². The van der Waals surface area contributed by atoms with Crippen molar-refractivity contribution in [3.05, 3.63) is 34.9 Å². The van der Waals surface area contributed by atoms with Crippen molar-refractivity contribution in [1.82, 2.24) is 10.6 Å². The van der Waals surface area contributed by atoms with Crippen molar-refractivity contribution in [2.75, 3.05) is 13.1 Å². The number of hydrogen-bond acceptors (Lipinski definition) is 2. The van der Waals surface area contributed by atoms with Gasteiger partial charge in [0, 0.05) is 17.6 Å². The Morgan fingerprint density at radius 2 is 2.26 bits per heavy atom. The SMILES string of the molecule is CC(C)(C(=O)NC1CCCNC1)c1cccc(Cl)c1. The largest absolute Gasteiger partial charge is 0.351 e. The molecule has 1 fully saturated rings. The Bertz CT molecular complexity index is 453. The number of rotatable bonds is 3. The molecule has 1 unspecified atom stereocenters. The van der Waals surface area contributed by atoms with Gasteiger partial charge in [-0.3, -0.25) is 4.79 Å². The lowest BCUT2D eigenvalue weighted by Crippen LogP contribution is -2.50. The van der Waals surface area contributed by atoms with Crippen LogP contribution in [0.3, 0.4) is 0 Å². The second kappa shape index (κ2) is 5.93. The number of carbonyl (C=O) groups is 1. The van der Waals surface area contributed by atoms with Crippen molar-refractivity contribution in [1.29, 1.82) is 0 Å². The van der Waals surface area contributed by atoms with E-state index in [0.717, 1.165) is 31.5 Å². The van der Waals surface area contributed by atoms with Gasteiger partial charge in [-0.15, -0.1) is 0 Å². The first kappa shape index (κ1) is 14.4. The molecule has 3 nitrogen and oxygen atoms in total. The van der Waals surface area contributed by atoms with Crippen molar-refractivity contribution >= 4 is 17.5 Å². The fourth-order valence-electron chi connectivity index (χ4n) is 2.35. The fraction of sp³-hybridized carbons (Fsp3) is 0.533. The van der Waals surface area contributed by atoms with Gasteiger partial charge in [0.15, 0.2) is 0 Å². The van der Waals surface area contributed by atoms with E-state index in [1.165, 1.54) is 0 Å². The molecule has 19 heavy (non-hydrogen) atoms. The second-order valence-electron chi connectivity index (χ2n) is 5.65. The van der Waals surface area contributed by atoms with Crippen LogP contribution in [0.25, 0.3) is 0 Å². The Balaban J connectivity index is 2.07. The first-order chi connectivity index (χ1) is 9.00. The summed E-state index contributed by atoms with van der Waals surface area (Å²) in [4.78, 5) is 12.5. The van der Waals surface area contributed by atoms with E-state index in [2.05, 4.69) is 10.6 Å². The number of hydrogen-bond donors (Lipinski definition) is 2. The molecule has 2 rings (SSSR count). The summed E-state index contributed by atoms with van der Waals surface area (Å²) in [5, 5.41) is 7.10. The molecule has 1 aromatic rings. The highest BCUT2D eigenvalue weighted by atomic mass is 35.5. The molecule has 0 aromatic heterocycles. The van der Waals surface area contributed by atoms with Crippen LogP contribution in [0, 0.1) is 0 Å². The van der Waals surface area contributed by atoms with Gasteiger partial charge in [-0.2, -0.15) is 0 Å². The molecule has 1 aliphatic rings. The van der Waals surface area contributed by atoms with Gasteiger partial charge < -0.3 is 10.6 Å². The average Bonchev–Trinajstić information content (AvgIpc) is 2.40. The summed E-state index contributed by atoms with van der Waals surface area (Å²) in [6.45, 7) is 5.77. The molecule has 0 spiro atoms. The molecule has 104 valence electrons. The van der Waals surface area contributed by atoms with E-state index in [9.17, 15) is 4.79 Å². The first-order valence-corrected chi connectivity index (χ1v) is 7.15. The maximum absolute atomic E-state index is 12.5. The van der Waals surface area contributed by atoms with Crippen LogP contribution in [0.1, 0.15) is 32.3 Å². The van der Waals surface area contributed by atoms with Crippen LogP contribution >= 0.6 is 11.6 Å². The number of amides is 1. The van der Waals surface area contributed by atoms with E-state index < -0.39 is 5.41 Å². The van der Waals surface area contributed by atoms with Crippen LogP contribution in [-0.4, -0.2) is 25.0 Å².